The lowest BCUT2D eigenvalue weighted by molar-refractivity contribution is -0.125. The summed E-state index contributed by atoms with van der Waals surface area (Å²) < 4.78 is 25.4. The van der Waals surface area contributed by atoms with Crippen molar-refractivity contribution in [2.75, 3.05) is 6.54 Å². The van der Waals surface area contributed by atoms with Gasteiger partial charge >= 0.3 is 0 Å². The Morgan fingerprint density at radius 2 is 1.94 bits per heavy atom. The molecule has 0 bridgehead atoms. The van der Waals surface area contributed by atoms with Crippen LogP contribution in [0.3, 0.4) is 0 Å². The molecule has 0 aromatic heterocycles. The predicted octanol–water partition coefficient (Wildman–Crippen LogP) is 0.606. The van der Waals surface area contributed by atoms with E-state index in [1.165, 1.54) is 0 Å². The highest BCUT2D eigenvalue weighted by Gasteiger charge is 2.32. The normalized spacial score (nSPS) is 25.9. The van der Waals surface area contributed by atoms with Gasteiger partial charge in [0.2, 0.25) is 15.9 Å². The van der Waals surface area contributed by atoms with Crippen LogP contribution in [0.5, 0.6) is 0 Å². The summed E-state index contributed by atoms with van der Waals surface area (Å²) in [6.45, 7) is 3.55. The molecule has 6 heteroatoms. The summed E-state index contributed by atoms with van der Waals surface area (Å²) in [4.78, 5) is 11.9. The molecule has 1 amide bonds. The van der Waals surface area contributed by atoms with Crippen LogP contribution in [0, 0.1) is 11.8 Å². The third kappa shape index (κ3) is 3.67. The predicted molar refractivity (Wildman–Crippen MR) is 66.7 cm³/mol. The molecule has 0 aromatic carbocycles. The number of carbonyl (C=O) groups excluding carboxylic acids is 1. The summed E-state index contributed by atoms with van der Waals surface area (Å²) in [7, 11) is -3.52. The molecule has 17 heavy (non-hydrogen) atoms. The Kier molecular flexibility index (Phi) is 4.94. The molecular formula is C11H22N2O3S. The number of rotatable bonds is 4. The Bertz CT molecular complexity index is 365. The van der Waals surface area contributed by atoms with Gasteiger partial charge in [-0.25, -0.2) is 8.42 Å². The van der Waals surface area contributed by atoms with E-state index in [0.717, 1.165) is 25.7 Å². The molecule has 1 rings (SSSR count). The summed E-state index contributed by atoms with van der Waals surface area (Å²) in [5.74, 6) is -0.512. The van der Waals surface area contributed by atoms with E-state index in [1.54, 1.807) is 13.8 Å². The first kappa shape index (κ1) is 14.4. The molecule has 1 aliphatic carbocycles. The highest BCUT2D eigenvalue weighted by atomic mass is 32.2. The van der Waals surface area contributed by atoms with Gasteiger partial charge in [0.05, 0.1) is 5.25 Å². The van der Waals surface area contributed by atoms with Crippen LogP contribution in [0.4, 0.5) is 0 Å². The average molecular weight is 262 g/mol. The molecule has 5 nitrogen and oxygen atoms in total. The van der Waals surface area contributed by atoms with Crippen LogP contribution in [0.1, 0.15) is 39.5 Å². The number of amides is 1. The van der Waals surface area contributed by atoms with E-state index in [0.29, 0.717) is 6.54 Å². The maximum absolute atomic E-state index is 11.9. The molecule has 1 saturated carbocycles. The zero-order valence-electron chi connectivity index (χ0n) is 10.5. The lowest BCUT2D eigenvalue weighted by atomic mass is 9.79. The van der Waals surface area contributed by atoms with Gasteiger partial charge in [0.25, 0.3) is 0 Å². The lowest BCUT2D eigenvalue weighted by Gasteiger charge is -2.29. The van der Waals surface area contributed by atoms with Crippen molar-refractivity contribution in [1.82, 2.24) is 4.72 Å². The Hall–Kier alpha value is -0.620. The van der Waals surface area contributed by atoms with Crippen LogP contribution in [-0.2, 0) is 14.8 Å². The molecule has 0 spiro atoms. The van der Waals surface area contributed by atoms with E-state index in [4.69, 9.17) is 5.73 Å². The molecule has 0 radical (unpaired) electrons. The molecular weight excluding hydrogens is 240 g/mol. The Balaban J connectivity index is 2.69. The first-order chi connectivity index (χ1) is 7.88. The summed E-state index contributed by atoms with van der Waals surface area (Å²) in [6, 6.07) is 0. The molecule has 2 unspecified atom stereocenters. The van der Waals surface area contributed by atoms with Gasteiger partial charge in [0.15, 0.2) is 0 Å². The molecule has 1 fully saturated rings. The van der Waals surface area contributed by atoms with Crippen molar-refractivity contribution in [2.24, 2.45) is 17.6 Å². The van der Waals surface area contributed by atoms with Gasteiger partial charge in [-0.1, -0.05) is 12.8 Å². The van der Waals surface area contributed by atoms with Crippen LogP contribution >= 0.6 is 0 Å². The van der Waals surface area contributed by atoms with Crippen LogP contribution in [0.25, 0.3) is 0 Å². The zero-order valence-corrected chi connectivity index (χ0v) is 11.3. The van der Waals surface area contributed by atoms with E-state index in [9.17, 15) is 13.2 Å². The monoisotopic (exact) mass is 262 g/mol. The van der Waals surface area contributed by atoms with Gasteiger partial charge in [-0.3, -0.25) is 9.52 Å². The van der Waals surface area contributed by atoms with Gasteiger partial charge in [0, 0.05) is 5.92 Å². The molecule has 1 aliphatic rings. The SMILES string of the molecule is CC(C)S(=O)(=O)NC(=O)C1CCCCC1CN. The van der Waals surface area contributed by atoms with Gasteiger partial charge in [-0.05, 0) is 39.2 Å². The van der Waals surface area contributed by atoms with Gasteiger partial charge < -0.3 is 5.73 Å². The first-order valence-electron chi connectivity index (χ1n) is 6.14. The standard InChI is InChI=1S/C11H22N2O3S/c1-8(2)17(15,16)13-11(14)10-6-4-3-5-9(10)7-12/h8-10H,3-7,12H2,1-2H3,(H,13,14). The Labute approximate surface area is 103 Å². The lowest BCUT2D eigenvalue weighted by Crippen LogP contribution is -2.44. The number of hydrogen-bond acceptors (Lipinski definition) is 4. The number of carbonyl (C=O) groups is 1. The molecule has 0 aromatic rings. The van der Waals surface area contributed by atoms with Gasteiger partial charge in [-0.2, -0.15) is 0 Å². The summed E-state index contributed by atoms with van der Waals surface area (Å²) in [5.41, 5.74) is 5.63. The van der Waals surface area contributed by atoms with Crippen LogP contribution < -0.4 is 10.5 Å². The van der Waals surface area contributed by atoms with Crippen molar-refractivity contribution in [2.45, 2.75) is 44.8 Å². The topological polar surface area (TPSA) is 89.3 Å². The second-order valence-corrected chi connectivity index (χ2v) is 7.18. The fraction of sp³-hybridized carbons (Fsp3) is 0.909. The Morgan fingerprint density at radius 1 is 1.35 bits per heavy atom. The van der Waals surface area contributed by atoms with Crippen molar-refractivity contribution >= 4 is 15.9 Å². The summed E-state index contributed by atoms with van der Waals surface area (Å²) in [5, 5.41) is -0.591. The van der Waals surface area contributed by atoms with Crippen molar-refractivity contribution in [3.05, 3.63) is 0 Å². The summed E-state index contributed by atoms with van der Waals surface area (Å²) in [6.07, 6.45) is 3.69. The molecule has 0 saturated heterocycles. The Morgan fingerprint density at radius 3 is 2.47 bits per heavy atom. The highest BCUT2D eigenvalue weighted by Crippen LogP contribution is 2.29. The molecule has 100 valence electrons. The summed E-state index contributed by atoms with van der Waals surface area (Å²) >= 11 is 0. The number of nitrogens with two attached hydrogens (primary N) is 1. The van der Waals surface area contributed by atoms with E-state index >= 15 is 0 Å². The fourth-order valence-electron chi connectivity index (χ4n) is 2.17. The molecule has 2 atom stereocenters. The third-order valence-electron chi connectivity index (χ3n) is 3.41. The van der Waals surface area contributed by atoms with Crippen molar-refractivity contribution < 1.29 is 13.2 Å². The van der Waals surface area contributed by atoms with E-state index < -0.39 is 15.3 Å². The van der Waals surface area contributed by atoms with E-state index in [1.807, 2.05) is 0 Å². The van der Waals surface area contributed by atoms with Crippen molar-refractivity contribution in [3.8, 4) is 0 Å². The molecule has 3 N–H and O–H groups in total. The van der Waals surface area contributed by atoms with Gasteiger partial charge in [0.1, 0.15) is 0 Å². The quantitative estimate of drug-likeness (QED) is 0.776. The van der Waals surface area contributed by atoms with Crippen molar-refractivity contribution in [1.29, 1.82) is 0 Å². The maximum Gasteiger partial charge on any atom is 0.237 e. The fourth-order valence-corrected chi connectivity index (χ4v) is 2.84. The zero-order chi connectivity index (χ0) is 13.1. The van der Waals surface area contributed by atoms with Crippen LogP contribution in [0.15, 0.2) is 0 Å². The number of sulfonamides is 1. The van der Waals surface area contributed by atoms with E-state index in [-0.39, 0.29) is 17.7 Å². The smallest absolute Gasteiger partial charge is 0.237 e. The minimum atomic E-state index is -3.52. The largest absolute Gasteiger partial charge is 0.330 e. The maximum atomic E-state index is 11.9. The average Bonchev–Trinajstić information content (AvgIpc) is 2.28. The minimum absolute atomic E-state index is 0.117. The van der Waals surface area contributed by atoms with Gasteiger partial charge in [-0.15, -0.1) is 0 Å². The number of nitrogens with one attached hydrogen (secondary N) is 1. The van der Waals surface area contributed by atoms with E-state index in [2.05, 4.69) is 4.72 Å². The number of hydrogen-bond donors (Lipinski definition) is 2. The van der Waals surface area contributed by atoms with Crippen LogP contribution in [0.2, 0.25) is 0 Å². The first-order valence-corrected chi connectivity index (χ1v) is 7.68. The minimum Gasteiger partial charge on any atom is -0.330 e. The second-order valence-electron chi connectivity index (χ2n) is 4.95. The van der Waals surface area contributed by atoms with Crippen molar-refractivity contribution in [3.63, 3.8) is 0 Å². The molecule has 0 aliphatic heterocycles. The second kappa shape index (κ2) is 5.82. The molecule has 0 heterocycles. The highest BCUT2D eigenvalue weighted by molar-refractivity contribution is 7.90. The van der Waals surface area contributed by atoms with Crippen LogP contribution in [-0.4, -0.2) is 26.1 Å². The third-order valence-corrected chi connectivity index (χ3v) is 5.14.